The van der Waals surface area contributed by atoms with Crippen LogP contribution in [0.4, 0.5) is 0 Å². The number of hydrogen-bond donors (Lipinski definition) is 1. The Labute approximate surface area is 158 Å². The Morgan fingerprint density at radius 3 is 2.59 bits per heavy atom. The molecule has 0 spiro atoms. The second-order valence-electron chi connectivity index (χ2n) is 7.32. The van der Waals surface area contributed by atoms with Gasteiger partial charge < -0.3 is 14.8 Å². The summed E-state index contributed by atoms with van der Waals surface area (Å²) in [7, 11) is 3.26. The number of hydrogen-bond acceptors (Lipinski definition) is 6. The van der Waals surface area contributed by atoms with Crippen molar-refractivity contribution in [3.05, 3.63) is 29.6 Å². The van der Waals surface area contributed by atoms with Crippen LogP contribution in [0, 0.1) is 0 Å². The summed E-state index contributed by atoms with van der Waals surface area (Å²) in [4.78, 5) is 13.4. The Bertz CT molecular complexity index is 815. The molecule has 1 aromatic heterocycles. The highest BCUT2D eigenvalue weighted by Crippen LogP contribution is 2.41. The number of methoxy groups -OCH3 is 2. The van der Waals surface area contributed by atoms with Crippen molar-refractivity contribution in [1.29, 1.82) is 0 Å². The van der Waals surface area contributed by atoms with Gasteiger partial charge in [-0.2, -0.15) is 0 Å². The van der Waals surface area contributed by atoms with Crippen molar-refractivity contribution in [1.82, 2.24) is 25.5 Å². The fourth-order valence-electron chi connectivity index (χ4n) is 4.43. The summed E-state index contributed by atoms with van der Waals surface area (Å²) >= 11 is 0. The van der Waals surface area contributed by atoms with Crippen molar-refractivity contribution in [2.45, 2.75) is 56.5 Å². The number of nitrogens with zero attached hydrogens (tertiary/aromatic N) is 4. The van der Waals surface area contributed by atoms with E-state index in [0.717, 1.165) is 56.3 Å². The van der Waals surface area contributed by atoms with Crippen molar-refractivity contribution in [2.24, 2.45) is 0 Å². The fourth-order valence-corrected chi connectivity index (χ4v) is 4.43. The molecule has 0 bridgehead atoms. The van der Waals surface area contributed by atoms with E-state index in [1.165, 1.54) is 5.56 Å². The van der Waals surface area contributed by atoms with E-state index in [2.05, 4.69) is 20.8 Å². The third-order valence-electron chi connectivity index (χ3n) is 5.92. The summed E-state index contributed by atoms with van der Waals surface area (Å²) in [5.74, 6) is 1.41. The fraction of sp³-hybridized carbons (Fsp3) is 0.579. The van der Waals surface area contributed by atoms with Crippen molar-refractivity contribution in [3.8, 4) is 11.5 Å². The largest absolute Gasteiger partial charge is 0.493 e. The smallest absolute Gasteiger partial charge is 0.248 e. The van der Waals surface area contributed by atoms with Gasteiger partial charge >= 0.3 is 0 Å². The molecular weight excluding hydrogens is 346 g/mol. The number of ether oxygens (including phenoxy) is 2. The molecule has 8 heteroatoms. The highest BCUT2D eigenvalue weighted by atomic mass is 16.5. The normalized spacial score (nSPS) is 20.7. The van der Waals surface area contributed by atoms with Crippen LogP contribution in [0.2, 0.25) is 0 Å². The molecule has 0 unspecified atom stereocenters. The lowest BCUT2D eigenvalue weighted by molar-refractivity contribution is -0.133. The van der Waals surface area contributed by atoms with E-state index in [1.54, 1.807) is 25.2 Å². The molecule has 1 aromatic carbocycles. The molecule has 1 amide bonds. The number of amides is 1. The molecule has 144 valence electrons. The minimum absolute atomic E-state index is 0.00198. The molecule has 1 saturated carbocycles. The van der Waals surface area contributed by atoms with Crippen molar-refractivity contribution in [2.75, 3.05) is 14.2 Å². The van der Waals surface area contributed by atoms with Gasteiger partial charge in [-0.1, -0.05) is 19.3 Å². The van der Waals surface area contributed by atoms with Crippen molar-refractivity contribution in [3.63, 3.8) is 0 Å². The molecule has 0 radical (unpaired) electrons. The Morgan fingerprint density at radius 1 is 1.19 bits per heavy atom. The third-order valence-corrected chi connectivity index (χ3v) is 5.92. The van der Waals surface area contributed by atoms with Gasteiger partial charge in [-0.25, -0.2) is 4.68 Å². The number of rotatable bonds is 5. The number of aromatic nitrogens is 4. The Morgan fingerprint density at radius 2 is 1.93 bits per heavy atom. The summed E-state index contributed by atoms with van der Waals surface area (Å²) in [6.07, 6.45) is 7.98. The van der Waals surface area contributed by atoms with Gasteiger partial charge in [-0.15, -0.1) is 5.10 Å². The highest BCUT2D eigenvalue weighted by Gasteiger charge is 2.44. The van der Waals surface area contributed by atoms with Gasteiger partial charge in [0.15, 0.2) is 11.5 Å². The lowest BCUT2D eigenvalue weighted by Crippen LogP contribution is -2.51. The second kappa shape index (κ2) is 7.17. The Hall–Kier alpha value is -2.64. The predicted molar refractivity (Wildman–Crippen MR) is 97.6 cm³/mol. The molecule has 2 aromatic rings. The third kappa shape index (κ3) is 3.02. The van der Waals surface area contributed by atoms with Gasteiger partial charge in [0.25, 0.3) is 0 Å². The van der Waals surface area contributed by atoms with E-state index in [1.807, 2.05) is 12.1 Å². The van der Waals surface area contributed by atoms with Crippen LogP contribution in [0.15, 0.2) is 18.5 Å². The van der Waals surface area contributed by atoms with Gasteiger partial charge in [0, 0.05) is 0 Å². The molecule has 1 heterocycles. The lowest BCUT2D eigenvalue weighted by atomic mass is 9.80. The first-order valence-electron chi connectivity index (χ1n) is 9.47. The van der Waals surface area contributed by atoms with Crippen LogP contribution < -0.4 is 14.8 Å². The molecule has 0 aliphatic heterocycles. The molecule has 0 saturated heterocycles. The topological polar surface area (TPSA) is 91.2 Å². The first-order chi connectivity index (χ1) is 13.2. The molecule has 8 nitrogen and oxygen atoms in total. The summed E-state index contributed by atoms with van der Waals surface area (Å²) in [5.41, 5.74) is 1.60. The summed E-state index contributed by atoms with van der Waals surface area (Å²) in [6.45, 7) is 0. The second-order valence-corrected chi connectivity index (χ2v) is 7.32. The Balaban J connectivity index is 1.61. The van der Waals surface area contributed by atoms with Gasteiger partial charge in [0.2, 0.25) is 5.91 Å². The van der Waals surface area contributed by atoms with Crippen molar-refractivity contribution >= 4 is 5.91 Å². The van der Waals surface area contributed by atoms with Crippen molar-refractivity contribution < 1.29 is 14.3 Å². The predicted octanol–water partition coefficient (Wildman–Crippen LogP) is 2.15. The number of carbonyl (C=O) groups excluding carboxylic acids is 1. The lowest BCUT2D eigenvalue weighted by Gasteiger charge is -2.36. The SMILES string of the molecule is COc1cc2c(cc1OC)[C@@H](NC(=O)C1(n3cnnn3)CCCCC1)CC2. The molecule has 1 fully saturated rings. The van der Waals surface area contributed by atoms with E-state index >= 15 is 0 Å². The molecule has 1 N–H and O–H groups in total. The number of aryl methyl sites for hydroxylation is 1. The summed E-state index contributed by atoms with van der Waals surface area (Å²) < 4.78 is 12.5. The number of fused-ring (bicyclic) bond motifs is 1. The molecule has 2 aliphatic carbocycles. The van der Waals surface area contributed by atoms with E-state index in [0.29, 0.717) is 5.75 Å². The van der Waals surface area contributed by atoms with Crippen LogP contribution >= 0.6 is 0 Å². The summed E-state index contributed by atoms with van der Waals surface area (Å²) in [5, 5.41) is 14.8. The van der Waals surface area contributed by atoms with E-state index < -0.39 is 5.54 Å². The van der Waals surface area contributed by atoms with Crippen LogP contribution in [0.25, 0.3) is 0 Å². The monoisotopic (exact) mass is 371 g/mol. The minimum atomic E-state index is -0.693. The van der Waals surface area contributed by atoms with E-state index in [-0.39, 0.29) is 11.9 Å². The number of carbonyl (C=O) groups is 1. The average Bonchev–Trinajstić information content (AvgIpc) is 3.38. The van der Waals surface area contributed by atoms with E-state index in [9.17, 15) is 4.79 Å². The van der Waals surface area contributed by atoms with Crippen LogP contribution in [0.3, 0.4) is 0 Å². The molecule has 1 atom stereocenters. The van der Waals surface area contributed by atoms with Crippen LogP contribution in [-0.2, 0) is 16.8 Å². The van der Waals surface area contributed by atoms with Gasteiger partial charge in [-0.05, 0) is 59.4 Å². The molecule has 4 rings (SSSR count). The van der Waals surface area contributed by atoms with Gasteiger partial charge in [0.05, 0.1) is 20.3 Å². The van der Waals surface area contributed by atoms with E-state index in [4.69, 9.17) is 9.47 Å². The van der Waals surface area contributed by atoms with Crippen LogP contribution in [0.1, 0.15) is 55.7 Å². The maximum absolute atomic E-state index is 13.4. The Kier molecular flexibility index (Phi) is 4.72. The molecular formula is C19H25N5O3. The zero-order chi connectivity index (χ0) is 18.9. The minimum Gasteiger partial charge on any atom is -0.493 e. The maximum atomic E-state index is 13.4. The maximum Gasteiger partial charge on any atom is 0.248 e. The zero-order valence-electron chi connectivity index (χ0n) is 15.8. The number of nitrogens with one attached hydrogen (secondary N) is 1. The van der Waals surface area contributed by atoms with Gasteiger partial charge in [-0.3, -0.25) is 4.79 Å². The first-order valence-corrected chi connectivity index (χ1v) is 9.47. The first kappa shape index (κ1) is 17.8. The van der Waals surface area contributed by atoms with Gasteiger partial charge in [0.1, 0.15) is 11.9 Å². The highest BCUT2D eigenvalue weighted by molar-refractivity contribution is 5.85. The average molecular weight is 371 g/mol. The zero-order valence-corrected chi connectivity index (χ0v) is 15.8. The number of benzene rings is 1. The number of tetrazole rings is 1. The van der Waals surface area contributed by atoms with Crippen LogP contribution in [-0.4, -0.2) is 40.3 Å². The molecule has 2 aliphatic rings. The summed E-state index contributed by atoms with van der Waals surface area (Å²) in [6, 6.07) is 3.96. The standard InChI is InChI=1S/C19H25N5O3/c1-26-16-10-13-6-7-15(14(13)11-17(16)27-2)21-18(25)19(8-4-3-5-9-19)24-12-20-22-23-24/h10-12,15H,3-9H2,1-2H3,(H,21,25)/t15-/m0/s1. The van der Waals surface area contributed by atoms with Crippen LogP contribution in [0.5, 0.6) is 11.5 Å². The molecule has 27 heavy (non-hydrogen) atoms. The quantitative estimate of drug-likeness (QED) is 0.866.